The maximum atomic E-state index is 12.4. The molecule has 0 saturated carbocycles. The van der Waals surface area contributed by atoms with Gasteiger partial charge in [0.2, 0.25) is 11.8 Å². The highest BCUT2D eigenvalue weighted by Gasteiger charge is 2.42. The van der Waals surface area contributed by atoms with Crippen LogP contribution in [0, 0.1) is 5.92 Å². The molecule has 1 aromatic rings. The number of likely N-dealkylation sites (tertiary alicyclic amines) is 1. The van der Waals surface area contributed by atoms with Crippen molar-refractivity contribution in [3.63, 3.8) is 0 Å². The monoisotopic (exact) mass is 315 g/mol. The maximum absolute atomic E-state index is 12.4. The summed E-state index contributed by atoms with van der Waals surface area (Å²) in [6.07, 6.45) is -0.0814. The number of carbonyl (C=O) groups is 3. The first-order chi connectivity index (χ1) is 11.0. The average Bonchev–Trinajstić information content (AvgIpc) is 2.84. The first kappa shape index (κ1) is 16.5. The zero-order valence-corrected chi connectivity index (χ0v) is 13.0. The van der Waals surface area contributed by atoms with Crippen LogP contribution in [0.4, 0.5) is 0 Å². The van der Waals surface area contributed by atoms with Gasteiger partial charge in [-0.25, -0.2) is 4.79 Å². The summed E-state index contributed by atoms with van der Waals surface area (Å²) in [5.74, 6) is -1.67. The van der Waals surface area contributed by atoms with E-state index < -0.39 is 17.8 Å². The number of nitrogens with zero attached hydrogens (tertiary/aromatic N) is 1. The third-order valence-corrected chi connectivity index (χ3v) is 3.69. The second-order valence-corrected chi connectivity index (χ2v) is 5.00. The van der Waals surface area contributed by atoms with E-state index in [-0.39, 0.29) is 24.4 Å². The SMILES string of the molecule is C=C=C(C(=O)OC)[C@@H]1CC(=O)N(Cc2ccc(OC)cc2)C1=O. The molecule has 6 nitrogen and oxygen atoms in total. The van der Waals surface area contributed by atoms with E-state index in [1.54, 1.807) is 31.4 Å². The van der Waals surface area contributed by atoms with Crippen LogP contribution >= 0.6 is 0 Å². The molecule has 1 aliphatic rings. The summed E-state index contributed by atoms with van der Waals surface area (Å²) in [4.78, 5) is 37.4. The summed E-state index contributed by atoms with van der Waals surface area (Å²) < 4.78 is 9.67. The Kier molecular flexibility index (Phi) is 4.98. The highest BCUT2D eigenvalue weighted by Crippen LogP contribution is 2.28. The lowest BCUT2D eigenvalue weighted by Gasteiger charge is -2.15. The first-order valence-electron chi connectivity index (χ1n) is 6.97. The molecule has 1 aliphatic heterocycles. The predicted octanol–water partition coefficient (Wildman–Crippen LogP) is 1.45. The van der Waals surface area contributed by atoms with E-state index in [9.17, 15) is 14.4 Å². The van der Waals surface area contributed by atoms with Crippen LogP contribution in [0.3, 0.4) is 0 Å². The van der Waals surface area contributed by atoms with Crippen LogP contribution in [0.25, 0.3) is 0 Å². The molecule has 1 fully saturated rings. The first-order valence-corrected chi connectivity index (χ1v) is 6.97. The topological polar surface area (TPSA) is 72.9 Å². The zero-order valence-electron chi connectivity index (χ0n) is 13.0. The molecule has 1 aromatic carbocycles. The number of methoxy groups -OCH3 is 2. The molecule has 1 saturated heterocycles. The minimum absolute atomic E-state index is 0.0110. The standard InChI is InChI=1S/C17H17NO5/c1-4-13(17(21)23-3)14-9-15(19)18(16(14)20)10-11-5-7-12(22-2)8-6-11/h5-8,14H,1,9-10H2,2-3H3/t14-/m0/s1. The molecule has 2 rings (SSSR count). The Balaban J connectivity index is 2.18. The van der Waals surface area contributed by atoms with Gasteiger partial charge in [0.15, 0.2) is 0 Å². The molecule has 1 atom stereocenters. The number of benzene rings is 1. The van der Waals surface area contributed by atoms with E-state index in [0.717, 1.165) is 10.5 Å². The summed E-state index contributed by atoms with van der Waals surface area (Å²) in [7, 11) is 2.76. The van der Waals surface area contributed by atoms with Gasteiger partial charge in [0, 0.05) is 6.42 Å². The van der Waals surface area contributed by atoms with Crippen molar-refractivity contribution in [3.8, 4) is 5.75 Å². The van der Waals surface area contributed by atoms with Crippen molar-refractivity contribution < 1.29 is 23.9 Å². The van der Waals surface area contributed by atoms with E-state index in [1.807, 2.05) is 0 Å². The Morgan fingerprint density at radius 2 is 1.96 bits per heavy atom. The summed E-state index contributed by atoms with van der Waals surface area (Å²) in [5, 5.41) is 0. The van der Waals surface area contributed by atoms with Gasteiger partial charge in [-0.05, 0) is 17.7 Å². The molecule has 0 radical (unpaired) electrons. The van der Waals surface area contributed by atoms with Crippen molar-refractivity contribution in [2.75, 3.05) is 14.2 Å². The number of ether oxygens (including phenoxy) is 2. The third kappa shape index (κ3) is 3.33. The highest BCUT2D eigenvalue weighted by molar-refractivity contribution is 6.09. The van der Waals surface area contributed by atoms with Gasteiger partial charge in [-0.15, -0.1) is 5.73 Å². The molecule has 1 heterocycles. The van der Waals surface area contributed by atoms with E-state index >= 15 is 0 Å². The number of esters is 1. The molecule has 2 amide bonds. The van der Waals surface area contributed by atoms with E-state index in [0.29, 0.717) is 5.75 Å². The lowest BCUT2D eigenvalue weighted by molar-refractivity contribution is -0.142. The molecular weight excluding hydrogens is 298 g/mol. The smallest absolute Gasteiger partial charge is 0.342 e. The van der Waals surface area contributed by atoms with Crippen molar-refractivity contribution >= 4 is 17.8 Å². The van der Waals surface area contributed by atoms with Gasteiger partial charge in [0.05, 0.1) is 32.3 Å². The van der Waals surface area contributed by atoms with Gasteiger partial charge in [-0.3, -0.25) is 14.5 Å². The number of amides is 2. The van der Waals surface area contributed by atoms with Crippen LogP contribution in [0.15, 0.2) is 42.1 Å². The molecular formula is C17H17NO5. The molecule has 0 N–H and O–H groups in total. The highest BCUT2D eigenvalue weighted by atomic mass is 16.5. The summed E-state index contributed by atoms with van der Waals surface area (Å²) in [6, 6.07) is 7.05. The number of imide groups is 1. The van der Waals surface area contributed by atoms with Gasteiger partial charge < -0.3 is 9.47 Å². The molecule has 0 spiro atoms. The summed E-state index contributed by atoms with van der Waals surface area (Å²) in [5.41, 5.74) is 3.20. The van der Waals surface area contributed by atoms with Crippen molar-refractivity contribution in [2.45, 2.75) is 13.0 Å². The fourth-order valence-corrected chi connectivity index (χ4v) is 2.44. The van der Waals surface area contributed by atoms with Crippen LogP contribution < -0.4 is 4.74 Å². The Hall–Kier alpha value is -2.85. The lowest BCUT2D eigenvalue weighted by atomic mass is 9.98. The van der Waals surface area contributed by atoms with E-state index in [2.05, 4.69) is 17.0 Å². The third-order valence-electron chi connectivity index (χ3n) is 3.69. The molecule has 120 valence electrons. The minimum Gasteiger partial charge on any atom is -0.497 e. The van der Waals surface area contributed by atoms with E-state index in [1.165, 1.54) is 7.11 Å². The van der Waals surface area contributed by atoms with Crippen molar-refractivity contribution in [2.24, 2.45) is 5.92 Å². The largest absolute Gasteiger partial charge is 0.497 e. The van der Waals surface area contributed by atoms with Crippen LogP contribution in [-0.4, -0.2) is 36.9 Å². The number of hydrogen-bond acceptors (Lipinski definition) is 5. The molecule has 23 heavy (non-hydrogen) atoms. The quantitative estimate of drug-likeness (QED) is 0.356. The Bertz CT molecular complexity index is 685. The summed E-state index contributed by atoms with van der Waals surface area (Å²) >= 11 is 0. The fourth-order valence-electron chi connectivity index (χ4n) is 2.44. The predicted molar refractivity (Wildman–Crippen MR) is 81.3 cm³/mol. The molecule has 0 bridgehead atoms. The summed E-state index contributed by atoms with van der Waals surface area (Å²) in [6.45, 7) is 3.55. The Morgan fingerprint density at radius 3 is 2.48 bits per heavy atom. The molecule has 0 aromatic heterocycles. The number of rotatable bonds is 5. The van der Waals surface area contributed by atoms with Crippen molar-refractivity contribution in [3.05, 3.63) is 47.7 Å². The molecule has 0 unspecified atom stereocenters. The van der Waals surface area contributed by atoms with E-state index in [4.69, 9.17) is 4.74 Å². The van der Waals surface area contributed by atoms with Gasteiger partial charge in [0.25, 0.3) is 0 Å². The second-order valence-electron chi connectivity index (χ2n) is 5.00. The average molecular weight is 315 g/mol. The molecule has 6 heteroatoms. The van der Waals surface area contributed by atoms with Crippen LogP contribution in [0.2, 0.25) is 0 Å². The number of hydrogen-bond donors (Lipinski definition) is 0. The van der Waals surface area contributed by atoms with Crippen LogP contribution in [-0.2, 0) is 25.7 Å². The number of carbonyl (C=O) groups excluding carboxylic acids is 3. The molecule has 0 aliphatic carbocycles. The van der Waals surface area contributed by atoms with Gasteiger partial charge in [-0.2, -0.15) is 0 Å². The van der Waals surface area contributed by atoms with Crippen molar-refractivity contribution in [1.29, 1.82) is 0 Å². The van der Waals surface area contributed by atoms with Crippen LogP contribution in [0.1, 0.15) is 12.0 Å². The zero-order chi connectivity index (χ0) is 17.0. The Morgan fingerprint density at radius 1 is 1.30 bits per heavy atom. The van der Waals surface area contributed by atoms with Crippen LogP contribution in [0.5, 0.6) is 5.75 Å². The van der Waals surface area contributed by atoms with Gasteiger partial charge in [-0.1, -0.05) is 18.7 Å². The van der Waals surface area contributed by atoms with Gasteiger partial charge in [0.1, 0.15) is 5.75 Å². The van der Waals surface area contributed by atoms with Gasteiger partial charge >= 0.3 is 5.97 Å². The normalized spacial score (nSPS) is 17.0. The minimum atomic E-state index is -0.884. The Labute approximate surface area is 134 Å². The second kappa shape index (κ2) is 6.94. The lowest BCUT2D eigenvalue weighted by Crippen LogP contribution is -2.31. The van der Waals surface area contributed by atoms with Crippen molar-refractivity contribution in [1.82, 2.24) is 4.90 Å². The fraction of sp³-hybridized carbons (Fsp3) is 0.294. The maximum Gasteiger partial charge on any atom is 0.342 e.